The molecule has 2 heteroatoms. The molecule has 0 heterocycles. The second-order valence-corrected chi connectivity index (χ2v) is 3.25. The summed E-state index contributed by atoms with van der Waals surface area (Å²) in [6, 6.07) is 0. The molecule has 62 valence electrons. The lowest BCUT2D eigenvalue weighted by atomic mass is 9.99. The lowest BCUT2D eigenvalue weighted by molar-refractivity contribution is -0.151. The fraction of sp³-hybridized carbons (Fsp3) is 0.667. The molecule has 0 spiro atoms. The van der Waals surface area contributed by atoms with Crippen molar-refractivity contribution in [1.82, 2.24) is 0 Å². The van der Waals surface area contributed by atoms with Crippen molar-refractivity contribution in [3.8, 4) is 0 Å². The smallest absolute Gasteiger partial charge is 0.303 e. The monoisotopic (exact) mass is 154 g/mol. The molecule has 1 aliphatic rings. The molecule has 0 N–H and O–H groups in total. The van der Waals surface area contributed by atoms with Gasteiger partial charge in [-0.15, -0.1) is 0 Å². The largest absolute Gasteiger partial charge is 0.455 e. The van der Waals surface area contributed by atoms with Crippen LogP contribution in [0, 0.1) is 0 Å². The van der Waals surface area contributed by atoms with Gasteiger partial charge in [-0.05, 0) is 32.3 Å². The summed E-state index contributed by atoms with van der Waals surface area (Å²) in [6.07, 6.45) is 4.08. The Kier molecular flexibility index (Phi) is 2.03. The Morgan fingerprint density at radius 3 is 2.73 bits per heavy atom. The Morgan fingerprint density at radius 1 is 1.73 bits per heavy atom. The van der Waals surface area contributed by atoms with Gasteiger partial charge in [0.2, 0.25) is 0 Å². The van der Waals surface area contributed by atoms with Crippen molar-refractivity contribution in [2.75, 3.05) is 0 Å². The number of hydrogen-bond donors (Lipinski definition) is 0. The van der Waals surface area contributed by atoms with Crippen molar-refractivity contribution >= 4 is 5.97 Å². The maximum Gasteiger partial charge on any atom is 0.303 e. The van der Waals surface area contributed by atoms with Crippen molar-refractivity contribution in [3.63, 3.8) is 0 Å². The van der Waals surface area contributed by atoms with Crippen LogP contribution in [0.25, 0.3) is 0 Å². The van der Waals surface area contributed by atoms with Gasteiger partial charge in [0.25, 0.3) is 0 Å². The van der Waals surface area contributed by atoms with Gasteiger partial charge in [0, 0.05) is 6.92 Å². The van der Waals surface area contributed by atoms with E-state index in [0.717, 1.165) is 12.8 Å². The van der Waals surface area contributed by atoms with Crippen LogP contribution < -0.4 is 0 Å². The molecule has 0 aliphatic heterocycles. The number of rotatable bonds is 1. The molecular formula is C9H14O2. The molecule has 1 atom stereocenters. The van der Waals surface area contributed by atoms with Gasteiger partial charge in [0.05, 0.1) is 0 Å². The molecule has 0 amide bonds. The van der Waals surface area contributed by atoms with Crippen LogP contribution in [-0.2, 0) is 9.53 Å². The summed E-state index contributed by atoms with van der Waals surface area (Å²) >= 11 is 0. The SMILES string of the molecule is CC(=O)O[C@]1(C)CCC=C1C. The quantitative estimate of drug-likeness (QED) is 0.427. The van der Waals surface area contributed by atoms with Crippen LogP contribution in [0.5, 0.6) is 0 Å². The highest BCUT2D eigenvalue weighted by Gasteiger charge is 2.32. The second-order valence-electron chi connectivity index (χ2n) is 3.25. The Labute approximate surface area is 67.2 Å². The predicted octanol–water partition coefficient (Wildman–Crippen LogP) is 2.05. The van der Waals surface area contributed by atoms with E-state index in [-0.39, 0.29) is 11.6 Å². The lowest BCUT2D eigenvalue weighted by Gasteiger charge is -2.25. The number of esters is 1. The van der Waals surface area contributed by atoms with Crippen molar-refractivity contribution in [3.05, 3.63) is 11.6 Å². The van der Waals surface area contributed by atoms with Gasteiger partial charge < -0.3 is 4.74 Å². The van der Waals surface area contributed by atoms with Crippen molar-refractivity contribution < 1.29 is 9.53 Å². The van der Waals surface area contributed by atoms with Crippen LogP contribution in [-0.4, -0.2) is 11.6 Å². The average molecular weight is 154 g/mol. The number of hydrogen-bond acceptors (Lipinski definition) is 2. The zero-order valence-electron chi connectivity index (χ0n) is 7.31. The third-order valence-corrected chi connectivity index (χ3v) is 2.28. The van der Waals surface area contributed by atoms with Crippen molar-refractivity contribution in [2.24, 2.45) is 0 Å². The normalized spacial score (nSPS) is 29.9. The van der Waals surface area contributed by atoms with Crippen LogP contribution in [0.1, 0.15) is 33.6 Å². The van der Waals surface area contributed by atoms with Crippen LogP contribution in [0.3, 0.4) is 0 Å². The molecular weight excluding hydrogens is 140 g/mol. The highest BCUT2D eigenvalue weighted by Crippen LogP contribution is 2.32. The first kappa shape index (κ1) is 8.31. The van der Waals surface area contributed by atoms with E-state index in [9.17, 15) is 4.79 Å². The summed E-state index contributed by atoms with van der Waals surface area (Å²) in [6.45, 7) is 5.43. The molecule has 1 rings (SSSR count). The van der Waals surface area contributed by atoms with Gasteiger partial charge in [-0.2, -0.15) is 0 Å². The van der Waals surface area contributed by atoms with Crippen molar-refractivity contribution in [1.29, 1.82) is 0 Å². The first-order valence-electron chi connectivity index (χ1n) is 3.91. The molecule has 11 heavy (non-hydrogen) atoms. The standard InChI is InChI=1S/C9H14O2/c1-7-5-4-6-9(7,3)11-8(2)10/h5H,4,6H2,1-3H3/t9-/m1/s1. The van der Waals surface area contributed by atoms with E-state index in [4.69, 9.17) is 4.74 Å². The van der Waals surface area contributed by atoms with Crippen LogP contribution >= 0.6 is 0 Å². The summed E-state index contributed by atoms with van der Waals surface area (Å²) in [5.74, 6) is -0.192. The summed E-state index contributed by atoms with van der Waals surface area (Å²) < 4.78 is 5.20. The molecule has 0 aromatic rings. The minimum atomic E-state index is -0.314. The van der Waals surface area contributed by atoms with Crippen LogP contribution in [0.15, 0.2) is 11.6 Å². The van der Waals surface area contributed by atoms with Gasteiger partial charge >= 0.3 is 5.97 Å². The van der Waals surface area contributed by atoms with Gasteiger partial charge in [0.1, 0.15) is 5.60 Å². The molecule has 0 aromatic heterocycles. The molecule has 0 unspecified atom stereocenters. The van der Waals surface area contributed by atoms with E-state index in [2.05, 4.69) is 6.08 Å². The van der Waals surface area contributed by atoms with E-state index in [1.807, 2.05) is 13.8 Å². The van der Waals surface area contributed by atoms with Crippen LogP contribution in [0.2, 0.25) is 0 Å². The van der Waals surface area contributed by atoms with Gasteiger partial charge in [-0.1, -0.05) is 6.08 Å². The topological polar surface area (TPSA) is 26.3 Å². The Hall–Kier alpha value is -0.790. The first-order chi connectivity index (χ1) is 5.04. The highest BCUT2D eigenvalue weighted by molar-refractivity contribution is 5.67. The summed E-state index contributed by atoms with van der Waals surface area (Å²) in [5, 5.41) is 0. The fourth-order valence-electron chi connectivity index (χ4n) is 1.43. The van der Waals surface area contributed by atoms with E-state index < -0.39 is 0 Å². The summed E-state index contributed by atoms with van der Waals surface area (Å²) in [5.41, 5.74) is 0.860. The maximum atomic E-state index is 10.7. The van der Waals surface area contributed by atoms with E-state index >= 15 is 0 Å². The van der Waals surface area contributed by atoms with E-state index in [1.54, 1.807) is 0 Å². The van der Waals surface area contributed by atoms with E-state index in [1.165, 1.54) is 12.5 Å². The van der Waals surface area contributed by atoms with Crippen molar-refractivity contribution in [2.45, 2.75) is 39.2 Å². The van der Waals surface area contributed by atoms with Crippen LogP contribution in [0.4, 0.5) is 0 Å². The lowest BCUT2D eigenvalue weighted by Crippen LogP contribution is -2.29. The Bertz CT molecular complexity index is 206. The maximum absolute atomic E-state index is 10.7. The molecule has 0 aromatic carbocycles. The molecule has 1 aliphatic carbocycles. The predicted molar refractivity (Wildman–Crippen MR) is 43.2 cm³/mol. The third kappa shape index (κ3) is 1.62. The third-order valence-electron chi connectivity index (χ3n) is 2.28. The zero-order chi connectivity index (χ0) is 8.48. The zero-order valence-corrected chi connectivity index (χ0v) is 7.31. The minimum Gasteiger partial charge on any atom is -0.455 e. The molecule has 0 saturated carbocycles. The number of carbonyl (C=O) groups is 1. The summed E-state index contributed by atoms with van der Waals surface area (Å²) in [7, 11) is 0. The second kappa shape index (κ2) is 2.68. The van der Waals surface area contributed by atoms with Gasteiger partial charge in [0.15, 0.2) is 0 Å². The number of carbonyl (C=O) groups excluding carboxylic acids is 1. The van der Waals surface area contributed by atoms with E-state index in [0.29, 0.717) is 0 Å². The number of allylic oxidation sites excluding steroid dienone is 1. The average Bonchev–Trinajstić information content (AvgIpc) is 2.11. The molecule has 0 radical (unpaired) electrons. The Balaban J connectivity index is 2.67. The minimum absolute atomic E-state index is 0.192. The molecule has 0 saturated heterocycles. The Morgan fingerprint density at radius 2 is 2.36 bits per heavy atom. The molecule has 0 bridgehead atoms. The molecule has 0 fully saturated rings. The van der Waals surface area contributed by atoms with Gasteiger partial charge in [-0.25, -0.2) is 0 Å². The highest BCUT2D eigenvalue weighted by atomic mass is 16.6. The fourth-order valence-corrected chi connectivity index (χ4v) is 1.43. The first-order valence-corrected chi connectivity index (χ1v) is 3.91. The molecule has 2 nitrogen and oxygen atoms in total. The summed E-state index contributed by atoms with van der Waals surface area (Å²) in [4.78, 5) is 10.7. The van der Waals surface area contributed by atoms with Gasteiger partial charge in [-0.3, -0.25) is 4.79 Å². The number of ether oxygens (including phenoxy) is 1.